The predicted octanol–water partition coefficient (Wildman–Crippen LogP) is 4.06. The van der Waals surface area contributed by atoms with Crippen molar-refractivity contribution >= 4 is 43.6 Å². The molecule has 0 saturated carbocycles. The van der Waals surface area contributed by atoms with Crippen molar-refractivity contribution in [2.75, 3.05) is 19.3 Å². The molecule has 0 aliphatic rings. The maximum Gasteiger partial charge on any atom is 0.243 e. The molecule has 2 aromatic rings. The van der Waals surface area contributed by atoms with Gasteiger partial charge in [-0.25, -0.2) is 8.42 Å². The van der Waals surface area contributed by atoms with E-state index in [-0.39, 0.29) is 29.9 Å². The third kappa shape index (κ3) is 5.81. The minimum absolute atomic E-state index is 0.168. The van der Waals surface area contributed by atoms with Crippen LogP contribution in [0.1, 0.15) is 25.5 Å². The van der Waals surface area contributed by atoms with Crippen LogP contribution in [0.25, 0.3) is 0 Å². The number of nitrogens with zero attached hydrogens (tertiary/aromatic N) is 1. The van der Waals surface area contributed by atoms with Gasteiger partial charge in [-0.15, -0.1) is 11.8 Å². The zero-order valence-corrected chi connectivity index (χ0v) is 18.7. The van der Waals surface area contributed by atoms with E-state index in [1.54, 1.807) is 30.8 Å². The molecule has 2 aromatic carbocycles. The first-order valence-electron chi connectivity index (χ1n) is 8.47. The predicted molar refractivity (Wildman–Crippen MR) is 113 cm³/mol. The van der Waals surface area contributed by atoms with Gasteiger partial charge in [0.2, 0.25) is 15.9 Å². The lowest BCUT2D eigenvalue weighted by atomic mass is 10.1. The van der Waals surface area contributed by atoms with Crippen LogP contribution < -0.4 is 5.32 Å². The van der Waals surface area contributed by atoms with Crippen molar-refractivity contribution in [3.63, 3.8) is 0 Å². The fourth-order valence-corrected chi connectivity index (χ4v) is 4.62. The van der Waals surface area contributed by atoms with E-state index in [2.05, 4.69) is 21.2 Å². The minimum atomic E-state index is -3.72. The van der Waals surface area contributed by atoms with Gasteiger partial charge in [0.25, 0.3) is 0 Å². The van der Waals surface area contributed by atoms with E-state index in [0.717, 1.165) is 14.9 Å². The second-order valence-electron chi connectivity index (χ2n) is 5.95. The number of sulfonamides is 1. The fraction of sp³-hybridized carbons (Fsp3) is 0.316. The van der Waals surface area contributed by atoms with Crippen LogP contribution in [-0.4, -0.2) is 38.0 Å². The molecule has 1 atom stereocenters. The average Bonchev–Trinajstić information content (AvgIpc) is 2.66. The van der Waals surface area contributed by atoms with Crippen molar-refractivity contribution in [3.05, 3.63) is 58.6 Å². The number of thioether (sulfide) groups is 1. The number of carbonyl (C=O) groups excluding carboxylic acids is 1. The lowest BCUT2D eigenvalue weighted by Gasteiger charge is -2.22. The highest BCUT2D eigenvalue weighted by molar-refractivity contribution is 9.10. The Kier molecular flexibility index (Phi) is 7.91. The Balaban J connectivity index is 2.06. The van der Waals surface area contributed by atoms with E-state index < -0.39 is 10.0 Å². The molecule has 0 heterocycles. The number of amides is 1. The van der Waals surface area contributed by atoms with Gasteiger partial charge in [0.1, 0.15) is 0 Å². The van der Waals surface area contributed by atoms with Crippen LogP contribution in [0.5, 0.6) is 0 Å². The van der Waals surface area contributed by atoms with Gasteiger partial charge in [-0.3, -0.25) is 4.79 Å². The third-order valence-corrected chi connectivity index (χ3v) is 7.32. The molecule has 0 bridgehead atoms. The van der Waals surface area contributed by atoms with Crippen molar-refractivity contribution in [1.82, 2.24) is 9.62 Å². The molecular weight excluding hydrogens is 448 g/mol. The second kappa shape index (κ2) is 9.73. The van der Waals surface area contributed by atoms with E-state index in [0.29, 0.717) is 0 Å². The Morgan fingerprint density at radius 1 is 1.15 bits per heavy atom. The average molecular weight is 471 g/mol. The van der Waals surface area contributed by atoms with Crippen LogP contribution in [0.4, 0.5) is 0 Å². The lowest BCUT2D eigenvalue weighted by molar-refractivity contribution is -0.121. The summed E-state index contributed by atoms with van der Waals surface area (Å²) in [5, 5.41) is 2.87. The molecular formula is C19H23BrN2O3S2. The van der Waals surface area contributed by atoms with E-state index >= 15 is 0 Å². The Hall–Kier alpha value is -1.35. The molecule has 5 nitrogen and oxygen atoms in total. The summed E-state index contributed by atoms with van der Waals surface area (Å²) in [6.45, 7) is 3.59. The van der Waals surface area contributed by atoms with Crippen LogP contribution >= 0.6 is 27.7 Å². The third-order valence-electron chi connectivity index (χ3n) is 4.12. The summed E-state index contributed by atoms with van der Waals surface area (Å²) >= 11 is 4.94. The number of halogens is 1. The molecule has 0 aliphatic heterocycles. The molecule has 27 heavy (non-hydrogen) atoms. The molecule has 0 saturated heterocycles. The van der Waals surface area contributed by atoms with Crippen molar-refractivity contribution in [1.29, 1.82) is 0 Å². The summed E-state index contributed by atoms with van der Waals surface area (Å²) in [6.07, 6.45) is 2.01. The largest absolute Gasteiger partial charge is 0.348 e. The lowest BCUT2D eigenvalue weighted by Crippen LogP contribution is -2.41. The summed E-state index contributed by atoms with van der Waals surface area (Å²) in [5.41, 5.74) is 0.972. The maximum absolute atomic E-state index is 12.8. The van der Waals surface area contributed by atoms with Crippen LogP contribution in [0.15, 0.2) is 62.8 Å². The summed E-state index contributed by atoms with van der Waals surface area (Å²) in [7, 11) is -3.72. The van der Waals surface area contributed by atoms with Gasteiger partial charge in [0.05, 0.1) is 17.5 Å². The van der Waals surface area contributed by atoms with Gasteiger partial charge in [0.15, 0.2) is 0 Å². The van der Waals surface area contributed by atoms with Crippen LogP contribution in [0.3, 0.4) is 0 Å². The first-order valence-corrected chi connectivity index (χ1v) is 11.9. The Labute approximate surface area is 173 Å². The number of hydrogen-bond acceptors (Lipinski definition) is 4. The molecule has 0 spiro atoms. The van der Waals surface area contributed by atoms with Crippen LogP contribution in [0.2, 0.25) is 0 Å². The number of benzene rings is 2. The summed E-state index contributed by atoms with van der Waals surface area (Å²) in [6, 6.07) is 14.1. The Morgan fingerprint density at radius 3 is 2.26 bits per heavy atom. The number of rotatable bonds is 8. The SMILES string of the molecule is CCN(CC(=O)N[C@@H](C)c1ccc(SC)cc1)S(=O)(=O)c1ccc(Br)cc1. The minimum Gasteiger partial charge on any atom is -0.348 e. The van der Waals surface area contributed by atoms with E-state index in [1.165, 1.54) is 16.4 Å². The molecule has 2 rings (SSSR count). The van der Waals surface area contributed by atoms with E-state index in [9.17, 15) is 13.2 Å². The first-order chi connectivity index (χ1) is 12.8. The standard InChI is InChI=1S/C19H23BrN2O3S2/c1-4-22(27(24,25)18-11-7-16(20)8-12-18)13-19(23)21-14(2)15-5-9-17(26-3)10-6-15/h5-12,14H,4,13H2,1-3H3,(H,21,23)/t14-/m0/s1. The van der Waals surface area contributed by atoms with Crippen LogP contribution in [-0.2, 0) is 14.8 Å². The van der Waals surface area contributed by atoms with Gasteiger partial charge in [-0.1, -0.05) is 35.0 Å². The van der Waals surface area contributed by atoms with Gasteiger partial charge in [-0.05, 0) is 55.1 Å². The maximum atomic E-state index is 12.8. The smallest absolute Gasteiger partial charge is 0.243 e. The highest BCUT2D eigenvalue weighted by atomic mass is 79.9. The molecule has 8 heteroatoms. The van der Waals surface area contributed by atoms with Crippen molar-refractivity contribution in [2.24, 2.45) is 0 Å². The zero-order valence-electron chi connectivity index (χ0n) is 15.5. The second-order valence-corrected chi connectivity index (χ2v) is 9.68. The quantitative estimate of drug-likeness (QED) is 0.590. The zero-order chi connectivity index (χ0) is 20.0. The molecule has 0 aliphatic carbocycles. The monoisotopic (exact) mass is 470 g/mol. The van der Waals surface area contributed by atoms with Crippen molar-refractivity contribution in [3.8, 4) is 0 Å². The molecule has 1 amide bonds. The summed E-state index contributed by atoms with van der Waals surface area (Å²) in [4.78, 5) is 13.7. The highest BCUT2D eigenvalue weighted by Crippen LogP contribution is 2.20. The molecule has 1 N–H and O–H groups in total. The summed E-state index contributed by atoms with van der Waals surface area (Å²) in [5.74, 6) is -0.334. The van der Waals surface area contributed by atoms with Crippen LogP contribution in [0, 0.1) is 0 Å². The fourth-order valence-electron chi connectivity index (χ4n) is 2.55. The van der Waals surface area contributed by atoms with E-state index in [1.807, 2.05) is 37.4 Å². The first kappa shape index (κ1) is 21.9. The van der Waals surface area contributed by atoms with Gasteiger partial charge in [-0.2, -0.15) is 4.31 Å². The Morgan fingerprint density at radius 2 is 1.74 bits per heavy atom. The molecule has 0 aromatic heterocycles. The molecule has 0 radical (unpaired) electrons. The number of carbonyl (C=O) groups is 1. The number of hydrogen-bond donors (Lipinski definition) is 1. The highest BCUT2D eigenvalue weighted by Gasteiger charge is 2.25. The summed E-state index contributed by atoms with van der Waals surface area (Å²) < 4.78 is 27.5. The normalized spacial score (nSPS) is 12.8. The Bertz CT molecular complexity index is 869. The van der Waals surface area contributed by atoms with Crippen molar-refractivity contribution in [2.45, 2.75) is 29.7 Å². The topological polar surface area (TPSA) is 66.5 Å². The van der Waals surface area contributed by atoms with Gasteiger partial charge < -0.3 is 5.32 Å². The molecule has 0 fully saturated rings. The number of likely N-dealkylation sites (N-methyl/N-ethyl adjacent to an activating group) is 1. The number of nitrogens with one attached hydrogen (secondary N) is 1. The van der Waals surface area contributed by atoms with E-state index in [4.69, 9.17) is 0 Å². The molecule has 146 valence electrons. The van der Waals surface area contributed by atoms with Gasteiger partial charge >= 0.3 is 0 Å². The van der Waals surface area contributed by atoms with Gasteiger partial charge in [0, 0.05) is 15.9 Å². The van der Waals surface area contributed by atoms with Crippen molar-refractivity contribution < 1.29 is 13.2 Å². The molecule has 0 unspecified atom stereocenters.